The Bertz CT molecular complexity index is 894. The van der Waals surface area contributed by atoms with Crippen LogP contribution >= 0.6 is 0 Å². The van der Waals surface area contributed by atoms with Crippen LogP contribution in [0.5, 0.6) is 0 Å². The van der Waals surface area contributed by atoms with Crippen LogP contribution in [-0.4, -0.2) is 31.3 Å². The molecule has 0 aliphatic rings. The Labute approximate surface area is 169 Å². The lowest BCUT2D eigenvalue weighted by molar-refractivity contribution is -0.0353. The summed E-state index contributed by atoms with van der Waals surface area (Å²) in [5, 5.41) is 0. The monoisotopic (exact) mass is 390 g/mol. The van der Waals surface area contributed by atoms with Gasteiger partial charge in [-0.1, -0.05) is 66.7 Å². The van der Waals surface area contributed by atoms with Crippen molar-refractivity contribution >= 4 is 11.9 Å². The highest BCUT2D eigenvalue weighted by Gasteiger charge is 2.19. The van der Waals surface area contributed by atoms with Gasteiger partial charge in [0.2, 0.25) is 0 Å². The largest absolute Gasteiger partial charge is 0.458 e. The van der Waals surface area contributed by atoms with Gasteiger partial charge >= 0.3 is 11.9 Å². The van der Waals surface area contributed by atoms with Crippen LogP contribution in [0, 0.1) is 0 Å². The number of hydrogen-bond acceptors (Lipinski definition) is 5. The molecule has 3 aromatic rings. The summed E-state index contributed by atoms with van der Waals surface area (Å²) in [6.45, 7) is 0.378. The van der Waals surface area contributed by atoms with Crippen LogP contribution in [0.4, 0.5) is 0 Å². The van der Waals surface area contributed by atoms with Gasteiger partial charge in [-0.25, -0.2) is 9.59 Å². The van der Waals surface area contributed by atoms with E-state index in [9.17, 15) is 9.59 Å². The normalized spacial score (nSPS) is 11.4. The maximum Gasteiger partial charge on any atom is 0.338 e. The summed E-state index contributed by atoms with van der Waals surface area (Å²) in [4.78, 5) is 24.6. The third-order valence-corrected chi connectivity index (χ3v) is 4.11. The fourth-order valence-electron chi connectivity index (χ4n) is 2.62. The summed E-state index contributed by atoms with van der Waals surface area (Å²) >= 11 is 0. The van der Waals surface area contributed by atoms with E-state index in [1.165, 1.54) is 0 Å². The molecule has 0 bridgehead atoms. The molecule has 1 unspecified atom stereocenters. The molecule has 5 nitrogen and oxygen atoms in total. The van der Waals surface area contributed by atoms with Gasteiger partial charge in [0.1, 0.15) is 6.61 Å². The lowest BCUT2D eigenvalue weighted by Gasteiger charge is -2.18. The molecule has 0 aromatic heterocycles. The van der Waals surface area contributed by atoms with Gasteiger partial charge in [-0.15, -0.1) is 0 Å². The minimum atomic E-state index is -0.723. The average molecular weight is 390 g/mol. The van der Waals surface area contributed by atoms with Crippen molar-refractivity contribution in [3.05, 3.63) is 108 Å². The first-order chi connectivity index (χ1) is 14.2. The summed E-state index contributed by atoms with van der Waals surface area (Å²) in [5.74, 6) is -0.968. The molecule has 0 N–H and O–H groups in total. The molecule has 0 aliphatic heterocycles. The standard InChI is InChI=1S/C24H22O5/c25-23(20-12-6-2-7-13-20)28-18-22(17-27-16-19-10-4-1-5-11-19)29-24(26)21-14-8-3-9-15-21/h1-15,22H,16-18H2. The van der Waals surface area contributed by atoms with Crippen LogP contribution in [0.1, 0.15) is 26.3 Å². The maximum absolute atomic E-state index is 12.4. The molecule has 0 fully saturated rings. The van der Waals surface area contributed by atoms with Crippen LogP contribution in [0.15, 0.2) is 91.0 Å². The Hall–Kier alpha value is -3.44. The summed E-state index contributed by atoms with van der Waals surface area (Å²) in [6.07, 6.45) is -0.723. The van der Waals surface area contributed by atoms with Crippen molar-refractivity contribution in [2.24, 2.45) is 0 Å². The molecule has 0 aliphatic carbocycles. The Morgan fingerprint density at radius 3 is 1.76 bits per heavy atom. The Morgan fingerprint density at radius 2 is 1.17 bits per heavy atom. The van der Waals surface area contributed by atoms with E-state index in [1.807, 2.05) is 42.5 Å². The highest BCUT2D eigenvalue weighted by atomic mass is 16.6. The molecule has 0 heterocycles. The number of carbonyl (C=O) groups is 2. The number of carbonyl (C=O) groups excluding carboxylic acids is 2. The molecule has 0 amide bonds. The van der Waals surface area contributed by atoms with Crippen molar-refractivity contribution in [3.8, 4) is 0 Å². The first-order valence-electron chi connectivity index (χ1n) is 9.32. The van der Waals surface area contributed by atoms with E-state index in [-0.39, 0.29) is 13.2 Å². The van der Waals surface area contributed by atoms with Gasteiger partial charge in [0.25, 0.3) is 0 Å². The van der Waals surface area contributed by atoms with Gasteiger partial charge in [-0.3, -0.25) is 0 Å². The highest BCUT2D eigenvalue weighted by molar-refractivity contribution is 5.90. The van der Waals surface area contributed by atoms with E-state index >= 15 is 0 Å². The van der Waals surface area contributed by atoms with Gasteiger partial charge < -0.3 is 14.2 Å². The molecule has 0 spiro atoms. The summed E-state index contributed by atoms with van der Waals surface area (Å²) in [7, 11) is 0. The van der Waals surface area contributed by atoms with E-state index in [1.54, 1.807) is 48.5 Å². The molecule has 3 aromatic carbocycles. The first-order valence-corrected chi connectivity index (χ1v) is 9.32. The molecule has 5 heteroatoms. The van der Waals surface area contributed by atoms with Gasteiger partial charge in [0, 0.05) is 0 Å². The smallest absolute Gasteiger partial charge is 0.338 e. The molecule has 0 saturated carbocycles. The molecule has 3 rings (SSSR count). The lowest BCUT2D eigenvalue weighted by atomic mass is 10.2. The van der Waals surface area contributed by atoms with Gasteiger partial charge in [-0.05, 0) is 29.8 Å². The number of benzene rings is 3. The quantitative estimate of drug-likeness (QED) is 0.510. The van der Waals surface area contributed by atoms with E-state index in [0.29, 0.717) is 17.7 Å². The lowest BCUT2D eigenvalue weighted by Crippen LogP contribution is -2.30. The van der Waals surface area contributed by atoms with E-state index in [0.717, 1.165) is 5.56 Å². The summed E-state index contributed by atoms with van der Waals surface area (Å²) in [6, 6.07) is 27.0. The second-order valence-electron chi connectivity index (χ2n) is 6.36. The zero-order chi connectivity index (χ0) is 20.3. The zero-order valence-corrected chi connectivity index (χ0v) is 15.9. The van der Waals surface area contributed by atoms with Crippen LogP contribution in [-0.2, 0) is 20.8 Å². The predicted molar refractivity (Wildman–Crippen MR) is 108 cm³/mol. The molecular weight excluding hydrogens is 368 g/mol. The van der Waals surface area contributed by atoms with E-state index in [2.05, 4.69) is 0 Å². The number of esters is 2. The molecule has 0 radical (unpaired) electrons. The van der Waals surface area contributed by atoms with Gasteiger partial charge in [0.05, 0.1) is 24.3 Å². The van der Waals surface area contributed by atoms with E-state index < -0.39 is 18.0 Å². The maximum atomic E-state index is 12.4. The number of ether oxygens (including phenoxy) is 3. The van der Waals surface area contributed by atoms with Gasteiger partial charge in [0.15, 0.2) is 6.10 Å². The van der Waals surface area contributed by atoms with E-state index in [4.69, 9.17) is 14.2 Å². The third-order valence-electron chi connectivity index (χ3n) is 4.11. The summed E-state index contributed by atoms with van der Waals surface area (Å²) < 4.78 is 16.5. The van der Waals surface area contributed by atoms with Crippen LogP contribution in [0.25, 0.3) is 0 Å². The minimum Gasteiger partial charge on any atom is -0.458 e. The summed E-state index contributed by atoms with van der Waals surface area (Å²) in [5.41, 5.74) is 1.86. The third kappa shape index (κ3) is 6.59. The zero-order valence-electron chi connectivity index (χ0n) is 15.9. The second kappa shape index (κ2) is 10.8. The van der Waals surface area contributed by atoms with Crippen LogP contribution in [0.2, 0.25) is 0 Å². The predicted octanol–water partition coefficient (Wildman–Crippen LogP) is 4.29. The number of rotatable bonds is 9. The average Bonchev–Trinajstić information content (AvgIpc) is 2.79. The molecule has 0 saturated heterocycles. The van der Waals surface area contributed by atoms with Crippen molar-refractivity contribution in [2.45, 2.75) is 12.7 Å². The Kier molecular flexibility index (Phi) is 7.55. The van der Waals surface area contributed by atoms with Gasteiger partial charge in [-0.2, -0.15) is 0 Å². The van der Waals surface area contributed by atoms with Crippen LogP contribution < -0.4 is 0 Å². The van der Waals surface area contributed by atoms with Crippen molar-refractivity contribution in [2.75, 3.05) is 13.2 Å². The van der Waals surface area contributed by atoms with Crippen LogP contribution in [0.3, 0.4) is 0 Å². The molecule has 148 valence electrons. The minimum absolute atomic E-state index is 0.0961. The molecule has 29 heavy (non-hydrogen) atoms. The fraction of sp³-hybridized carbons (Fsp3) is 0.167. The SMILES string of the molecule is O=C(OCC(COCc1ccccc1)OC(=O)c1ccccc1)c1ccccc1. The van der Waals surface area contributed by atoms with Crippen molar-refractivity contribution in [1.29, 1.82) is 0 Å². The topological polar surface area (TPSA) is 61.8 Å². The van der Waals surface area contributed by atoms with Crippen molar-refractivity contribution in [3.63, 3.8) is 0 Å². The van der Waals surface area contributed by atoms with Crippen molar-refractivity contribution < 1.29 is 23.8 Å². The first kappa shape index (κ1) is 20.3. The second-order valence-corrected chi connectivity index (χ2v) is 6.36. The molecule has 1 atom stereocenters. The Morgan fingerprint density at radius 1 is 0.655 bits per heavy atom. The number of hydrogen-bond donors (Lipinski definition) is 0. The molecular formula is C24H22O5. The Balaban J connectivity index is 1.58. The fourth-order valence-corrected chi connectivity index (χ4v) is 2.62. The van der Waals surface area contributed by atoms with Crippen molar-refractivity contribution in [1.82, 2.24) is 0 Å². The highest BCUT2D eigenvalue weighted by Crippen LogP contribution is 2.09.